The van der Waals surface area contributed by atoms with Crippen LogP contribution in [0.3, 0.4) is 0 Å². The van der Waals surface area contributed by atoms with Gasteiger partial charge in [-0.15, -0.1) is 0 Å². The number of aliphatic hydroxyl groups excluding tert-OH is 4. The maximum absolute atomic E-state index is 11.6. The lowest BCUT2D eigenvalue weighted by atomic mass is 9.92. The molecule has 0 fully saturated rings. The molecule has 98 heavy (non-hydrogen) atoms. The van der Waals surface area contributed by atoms with Gasteiger partial charge in [0.2, 0.25) is 0 Å². The van der Waals surface area contributed by atoms with Crippen molar-refractivity contribution in [3.8, 4) is 0 Å². The summed E-state index contributed by atoms with van der Waals surface area (Å²) in [5, 5.41) is 42.3. The van der Waals surface area contributed by atoms with E-state index >= 15 is 0 Å². The summed E-state index contributed by atoms with van der Waals surface area (Å²) < 4.78 is 93.8. The number of aliphatic hydroxyl groups is 4. The molecule has 4 N–H and O–H groups in total. The van der Waals surface area contributed by atoms with Crippen molar-refractivity contribution in [2.24, 2.45) is 5.41 Å². The monoisotopic (exact) mass is 1400 g/mol. The van der Waals surface area contributed by atoms with Gasteiger partial charge in [-0.1, -0.05) is 66.1 Å². The summed E-state index contributed by atoms with van der Waals surface area (Å²) in [7, 11) is 3.78. The topological polar surface area (TPSA) is 316 Å². The van der Waals surface area contributed by atoms with Gasteiger partial charge in [0.05, 0.1) is 160 Å². The van der Waals surface area contributed by atoms with Gasteiger partial charge in [-0.25, -0.2) is 14.4 Å². The van der Waals surface area contributed by atoms with E-state index in [4.69, 9.17) is 80.5 Å². The lowest BCUT2D eigenvalue weighted by Gasteiger charge is -2.33. The first-order valence-electron chi connectivity index (χ1n) is 32.9. The molecule has 8 atom stereocenters. The Morgan fingerprint density at radius 2 is 0.684 bits per heavy atom. The van der Waals surface area contributed by atoms with Crippen molar-refractivity contribution in [2.75, 3.05) is 212 Å². The highest BCUT2D eigenvalue weighted by molar-refractivity contribution is 5.81. The van der Waals surface area contributed by atoms with E-state index in [1.807, 2.05) is 63.4 Å². The van der Waals surface area contributed by atoms with E-state index < -0.39 is 47.7 Å². The molecule has 0 aliphatic rings. The van der Waals surface area contributed by atoms with E-state index in [0.29, 0.717) is 89.3 Å². The highest BCUT2D eigenvalue weighted by Gasteiger charge is 2.33. The van der Waals surface area contributed by atoms with Crippen molar-refractivity contribution in [3.63, 3.8) is 0 Å². The Kier molecular flexibility index (Phi) is 59.9. The smallest absolute Gasteiger partial charge is 0.330 e. The van der Waals surface area contributed by atoms with E-state index in [0.717, 1.165) is 18.2 Å². The van der Waals surface area contributed by atoms with Crippen LogP contribution < -0.4 is 0 Å². The summed E-state index contributed by atoms with van der Waals surface area (Å²) in [5.41, 5.74) is -0.860. The first-order valence-corrected chi connectivity index (χ1v) is 32.9. The second-order valence-corrected chi connectivity index (χ2v) is 22.9. The Labute approximate surface area is 583 Å². The maximum atomic E-state index is 11.6. The van der Waals surface area contributed by atoms with Crippen molar-refractivity contribution in [3.05, 3.63) is 113 Å². The summed E-state index contributed by atoms with van der Waals surface area (Å²) in [6, 6.07) is 0. The molecule has 0 heterocycles. The van der Waals surface area contributed by atoms with Crippen molar-refractivity contribution >= 4 is 23.9 Å². The third-order valence-corrected chi connectivity index (χ3v) is 13.1. The van der Waals surface area contributed by atoms with Crippen LogP contribution in [0.15, 0.2) is 113 Å². The minimum atomic E-state index is -0.860. The zero-order valence-electron chi connectivity index (χ0n) is 59.8. The lowest BCUT2D eigenvalue weighted by molar-refractivity contribution is -0.149. The summed E-state index contributed by atoms with van der Waals surface area (Å²) in [6.45, 7) is 47.9. The highest BCUT2D eigenvalue weighted by Crippen LogP contribution is 2.21. The number of carbonyl (C=O) groups excluding carboxylic acids is 4. The van der Waals surface area contributed by atoms with Crippen LogP contribution in [0.25, 0.3) is 0 Å². The predicted octanol–water partition coefficient (Wildman–Crippen LogP) is 3.97. The summed E-state index contributed by atoms with van der Waals surface area (Å²) in [5.74, 6) is -0.575. The largest absolute Gasteiger partial charge is 0.493 e. The molecule has 8 unspecified atom stereocenters. The predicted molar refractivity (Wildman–Crippen MR) is 370 cm³/mol. The zero-order chi connectivity index (χ0) is 73.8. The van der Waals surface area contributed by atoms with Gasteiger partial charge in [0.25, 0.3) is 0 Å². The number of esters is 4. The van der Waals surface area contributed by atoms with E-state index in [9.17, 15) is 39.6 Å². The molecule has 0 rings (SSSR count). The normalized spacial score (nSPS) is 13.8. The van der Waals surface area contributed by atoms with Gasteiger partial charge in [-0.3, -0.25) is 9.69 Å². The molecule has 0 saturated heterocycles. The SMILES string of the molecule is C=CC(=C)OCCN(C)CC(O)COCC(C)OCC(C)OCC(O)CN(CCOC(=C)C=C)CC(O)COCC(C)OCC(C)OCC(O)CN(C)CCOC(=C)C=C.C=CC(=O)OCCOCC(COCCOC(=O)C=C)(COCCOC(=O)C=C)COCCOC(=O)CCC. The Morgan fingerprint density at radius 1 is 0.378 bits per heavy atom. The third kappa shape index (κ3) is 58.1. The molecular formula is C70H121N3O25. The van der Waals surface area contributed by atoms with E-state index in [2.05, 4.69) is 59.2 Å². The van der Waals surface area contributed by atoms with Gasteiger partial charge in [0.15, 0.2) is 0 Å². The van der Waals surface area contributed by atoms with Gasteiger partial charge in [0.1, 0.15) is 63.5 Å². The molecule has 0 radical (unpaired) electrons. The van der Waals surface area contributed by atoms with Gasteiger partial charge in [-0.05, 0) is 66.4 Å². The molecule has 566 valence electrons. The Bertz CT molecular complexity index is 2120. The summed E-state index contributed by atoms with van der Waals surface area (Å²) in [6.07, 6.45) is 4.70. The maximum Gasteiger partial charge on any atom is 0.330 e. The molecule has 28 heteroatoms. The zero-order valence-corrected chi connectivity index (χ0v) is 59.8. The number of nitrogens with zero attached hydrogens (tertiary/aromatic N) is 3. The molecule has 0 saturated carbocycles. The minimum absolute atomic E-state index is 0.00585. The highest BCUT2D eigenvalue weighted by atomic mass is 16.6. The van der Waals surface area contributed by atoms with Crippen LogP contribution in [0.1, 0.15) is 47.5 Å². The quantitative estimate of drug-likeness (QED) is 0.0167. The first kappa shape index (κ1) is 94.3. The van der Waals surface area contributed by atoms with Crippen molar-refractivity contribution in [1.82, 2.24) is 14.7 Å². The molecule has 0 aliphatic heterocycles. The average molecular weight is 1400 g/mol. The first-order chi connectivity index (χ1) is 46.8. The molecule has 0 aliphatic carbocycles. The van der Waals surface area contributed by atoms with E-state index in [-0.39, 0.29) is 169 Å². The van der Waals surface area contributed by atoms with Gasteiger partial charge in [-0.2, -0.15) is 0 Å². The summed E-state index contributed by atoms with van der Waals surface area (Å²) in [4.78, 5) is 51.0. The molecule has 0 spiro atoms. The Morgan fingerprint density at radius 3 is 1.03 bits per heavy atom. The molecule has 28 nitrogen and oxygen atoms in total. The third-order valence-electron chi connectivity index (χ3n) is 13.1. The Hall–Kier alpha value is -5.74. The second kappa shape index (κ2) is 62.3. The van der Waals surface area contributed by atoms with Gasteiger partial charge < -0.3 is 111 Å². The Balaban J connectivity index is 0. The van der Waals surface area contributed by atoms with E-state index in [1.165, 1.54) is 6.08 Å². The fourth-order valence-electron chi connectivity index (χ4n) is 7.87. The fourth-order valence-corrected chi connectivity index (χ4v) is 7.87. The lowest BCUT2D eigenvalue weighted by Crippen LogP contribution is -2.43. The van der Waals surface area contributed by atoms with Crippen LogP contribution in [-0.4, -0.2) is 320 Å². The molecule has 0 aromatic rings. The van der Waals surface area contributed by atoms with Crippen LogP contribution in [0, 0.1) is 5.41 Å². The van der Waals surface area contributed by atoms with Crippen LogP contribution in [-0.2, 0) is 99.7 Å². The number of hydrogen-bond acceptors (Lipinski definition) is 28. The van der Waals surface area contributed by atoms with Crippen LogP contribution in [0.5, 0.6) is 0 Å². The molecule has 0 amide bonds. The number of ether oxygens (including phenoxy) is 17. The number of likely N-dealkylation sites (N-methyl/N-ethyl adjacent to an activating group) is 2. The second-order valence-electron chi connectivity index (χ2n) is 22.9. The van der Waals surface area contributed by atoms with Crippen molar-refractivity contribution in [2.45, 2.75) is 96.3 Å². The van der Waals surface area contributed by atoms with Crippen LogP contribution >= 0.6 is 0 Å². The number of carbonyl (C=O) groups is 4. The van der Waals surface area contributed by atoms with Gasteiger partial charge >= 0.3 is 23.9 Å². The summed E-state index contributed by atoms with van der Waals surface area (Å²) >= 11 is 0. The molecular weight excluding hydrogens is 1280 g/mol. The number of allylic oxidation sites excluding steroid dienone is 3. The van der Waals surface area contributed by atoms with Crippen LogP contribution in [0.4, 0.5) is 0 Å². The average Bonchev–Trinajstić information content (AvgIpc) is 0.879. The van der Waals surface area contributed by atoms with Crippen LogP contribution in [0.2, 0.25) is 0 Å². The minimum Gasteiger partial charge on any atom is -0.493 e. The van der Waals surface area contributed by atoms with Crippen molar-refractivity contribution in [1.29, 1.82) is 0 Å². The molecule has 0 aromatic heterocycles. The standard InChI is InChI=1S/C44H81N3O13.C26H40O12/c1-13-34(4)54-19-16-45(11)22-41(48)30-52-26-37(7)58-29-40(10)60-33-44(51)25-47(18-21-56-36(6)15-3)24-43(50)31-53-27-38(8)57-28-39(9)59-32-42(49)23-46(12)17-20-55-35(5)14-2;1-5-9-25(30)38-17-13-34-21-26(18-31-10-14-35-22(27)6-2,19-32-11-15-36-23(28)7-3)20-33-12-16-37-24(29)8-4/h13-15,37-44,48-51H,1-6,16-33H2,7-12H3;6-8H,2-5,9-21H2,1H3. The fraction of sp³-hybridized carbons (Fsp3) is 0.686. The molecule has 0 aromatic carbocycles. The van der Waals surface area contributed by atoms with Crippen molar-refractivity contribution < 1.29 is 120 Å². The number of rotatable bonds is 68. The molecule has 0 bridgehead atoms. The van der Waals surface area contributed by atoms with Gasteiger partial charge in [0, 0.05) is 70.5 Å². The number of hydrogen-bond donors (Lipinski definition) is 4. The van der Waals surface area contributed by atoms with E-state index in [1.54, 1.807) is 12.2 Å².